The Morgan fingerprint density at radius 1 is 1.06 bits per heavy atom. The normalized spacial score (nSPS) is 15.5. The second-order valence-corrected chi connectivity index (χ2v) is 8.53. The summed E-state index contributed by atoms with van der Waals surface area (Å²) in [5.74, 6) is 0.874. The number of fused-ring (bicyclic) bond motifs is 1. The van der Waals surface area contributed by atoms with Gasteiger partial charge < -0.3 is 9.47 Å². The van der Waals surface area contributed by atoms with E-state index in [0.29, 0.717) is 24.3 Å². The number of nitrogens with zero attached hydrogens (tertiary/aromatic N) is 4. The summed E-state index contributed by atoms with van der Waals surface area (Å²) in [5, 5.41) is 7.29. The van der Waals surface area contributed by atoms with E-state index in [-0.39, 0.29) is 11.9 Å². The van der Waals surface area contributed by atoms with Crippen LogP contribution >= 0.6 is 12.2 Å². The number of amides is 1. The average molecular weight is 444 g/mol. The number of rotatable bonds is 5. The number of aromatic amines is 1. The fourth-order valence-electron chi connectivity index (χ4n) is 4.44. The van der Waals surface area contributed by atoms with Gasteiger partial charge in [-0.25, -0.2) is 0 Å². The molecular weight excluding hydrogens is 418 g/mol. The summed E-state index contributed by atoms with van der Waals surface area (Å²) in [6, 6.07) is 22.5. The molecule has 1 aliphatic rings. The second kappa shape index (κ2) is 8.59. The minimum Gasteiger partial charge on any atom is -0.348 e. The van der Waals surface area contributed by atoms with Crippen LogP contribution in [0.2, 0.25) is 0 Å². The smallest absolute Gasteiger partial charge is 0.225 e. The van der Waals surface area contributed by atoms with Gasteiger partial charge in [0.25, 0.3) is 0 Å². The van der Waals surface area contributed by atoms with Crippen molar-refractivity contribution < 1.29 is 4.79 Å². The SMILES string of the molecule is Cc1ccc(-c2n[nH]c(=S)n2CCC(=O)N2CCn3cccc3C2c2ccccc2)cc1. The fourth-order valence-corrected chi connectivity index (χ4v) is 4.66. The standard InChI is InChI=1S/C25H25N5OS/c1-18-9-11-20(12-10-18)24-26-27-25(32)30(24)15-13-22(31)29-17-16-28-14-5-8-21(28)23(29)19-6-3-2-4-7-19/h2-12,14,23H,13,15-17H2,1H3,(H,27,32). The molecule has 1 aliphatic heterocycles. The maximum atomic E-state index is 13.5. The molecule has 2 aromatic heterocycles. The summed E-state index contributed by atoms with van der Waals surface area (Å²) in [6.07, 6.45) is 2.45. The molecule has 0 saturated heterocycles. The zero-order valence-electron chi connectivity index (χ0n) is 17.9. The van der Waals surface area contributed by atoms with E-state index in [1.807, 2.05) is 39.8 Å². The van der Waals surface area contributed by atoms with Crippen molar-refractivity contribution in [1.29, 1.82) is 0 Å². The first-order valence-electron chi connectivity index (χ1n) is 10.8. The number of aryl methyl sites for hydroxylation is 1. The molecular formula is C25H25N5OS. The first-order valence-corrected chi connectivity index (χ1v) is 11.2. The zero-order valence-corrected chi connectivity index (χ0v) is 18.8. The van der Waals surface area contributed by atoms with Gasteiger partial charge in [0.1, 0.15) is 0 Å². The van der Waals surface area contributed by atoms with Gasteiger partial charge in [0.15, 0.2) is 10.6 Å². The van der Waals surface area contributed by atoms with Gasteiger partial charge in [-0.3, -0.25) is 14.5 Å². The number of H-pyrrole nitrogens is 1. The number of hydrogen-bond acceptors (Lipinski definition) is 3. The van der Waals surface area contributed by atoms with Crippen LogP contribution in [-0.2, 0) is 17.9 Å². The number of benzene rings is 2. The predicted molar refractivity (Wildman–Crippen MR) is 127 cm³/mol. The number of carbonyl (C=O) groups excluding carboxylic acids is 1. The van der Waals surface area contributed by atoms with Gasteiger partial charge in [-0.05, 0) is 36.8 Å². The molecule has 2 aromatic carbocycles. The monoisotopic (exact) mass is 443 g/mol. The molecule has 0 aliphatic carbocycles. The molecule has 3 heterocycles. The van der Waals surface area contributed by atoms with Gasteiger partial charge in [-0.15, -0.1) is 0 Å². The van der Waals surface area contributed by atoms with Crippen molar-refractivity contribution in [3.05, 3.63) is 94.5 Å². The zero-order chi connectivity index (χ0) is 22.1. The Bertz CT molecular complexity index is 1290. The molecule has 162 valence electrons. The van der Waals surface area contributed by atoms with Crippen molar-refractivity contribution in [2.75, 3.05) is 6.54 Å². The van der Waals surface area contributed by atoms with Crippen LogP contribution in [0.1, 0.15) is 29.3 Å². The molecule has 0 saturated carbocycles. The molecule has 0 radical (unpaired) electrons. The average Bonchev–Trinajstić information content (AvgIpc) is 3.44. The summed E-state index contributed by atoms with van der Waals surface area (Å²) in [5.41, 5.74) is 4.44. The Morgan fingerprint density at radius 2 is 1.84 bits per heavy atom. The number of hydrogen-bond donors (Lipinski definition) is 1. The third-order valence-corrected chi connectivity index (χ3v) is 6.40. The van der Waals surface area contributed by atoms with Crippen molar-refractivity contribution in [3.63, 3.8) is 0 Å². The molecule has 1 unspecified atom stereocenters. The van der Waals surface area contributed by atoms with Crippen molar-refractivity contribution >= 4 is 18.1 Å². The largest absolute Gasteiger partial charge is 0.348 e. The van der Waals surface area contributed by atoms with Gasteiger partial charge in [-0.1, -0.05) is 60.2 Å². The highest BCUT2D eigenvalue weighted by Gasteiger charge is 2.31. The highest BCUT2D eigenvalue weighted by molar-refractivity contribution is 7.71. The first-order chi connectivity index (χ1) is 15.6. The molecule has 1 amide bonds. The molecule has 0 fully saturated rings. The van der Waals surface area contributed by atoms with Crippen molar-refractivity contribution in [2.24, 2.45) is 0 Å². The summed E-state index contributed by atoms with van der Waals surface area (Å²) in [7, 11) is 0. The van der Waals surface area contributed by atoms with Crippen molar-refractivity contribution in [1.82, 2.24) is 24.2 Å². The maximum Gasteiger partial charge on any atom is 0.225 e. The van der Waals surface area contributed by atoms with Crippen LogP contribution < -0.4 is 0 Å². The summed E-state index contributed by atoms with van der Waals surface area (Å²) in [4.78, 5) is 15.5. The van der Waals surface area contributed by atoms with E-state index in [1.165, 1.54) is 5.56 Å². The quantitative estimate of drug-likeness (QED) is 0.453. The van der Waals surface area contributed by atoms with Gasteiger partial charge in [0.05, 0.1) is 6.04 Å². The van der Waals surface area contributed by atoms with E-state index in [2.05, 4.69) is 64.3 Å². The Labute approximate surface area is 192 Å². The first kappa shape index (κ1) is 20.5. The third-order valence-electron chi connectivity index (χ3n) is 6.09. The number of carbonyl (C=O) groups is 1. The molecule has 4 aromatic rings. The molecule has 0 spiro atoms. The molecule has 1 atom stereocenters. The van der Waals surface area contributed by atoms with Crippen LogP contribution in [0.15, 0.2) is 72.9 Å². The summed E-state index contributed by atoms with van der Waals surface area (Å²) < 4.78 is 4.69. The molecule has 32 heavy (non-hydrogen) atoms. The van der Waals surface area contributed by atoms with E-state index >= 15 is 0 Å². The van der Waals surface area contributed by atoms with Gasteiger partial charge in [-0.2, -0.15) is 5.10 Å². The van der Waals surface area contributed by atoms with Crippen LogP contribution in [0.5, 0.6) is 0 Å². The van der Waals surface area contributed by atoms with E-state index in [4.69, 9.17) is 12.2 Å². The molecule has 5 rings (SSSR count). The Morgan fingerprint density at radius 3 is 2.62 bits per heavy atom. The van der Waals surface area contributed by atoms with E-state index in [0.717, 1.165) is 29.2 Å². The van der Waals surface area contributed by atoms with Crippen molar-refractivity contribution in [2.45, 2.75) is 32.5 Å². The third kappa shape index (κ3) is 3.80. The Balaban J connectivity index is 1.39. The lowest BCUT2D eigenvalue weighted by atomic mass is 9.99. The Kier molecular flexibility index (Phi) is 5.49. The lowest BCUT2D eigenvalue weighted by Crippen LogP contribution is -2.42. The molecule has 1 N–H and O–H groups in total. The predicted octanol–water partition coefficient (Wildman–Crippen LogP) is 4.74. The highest BCUT2D eigenvalue weighted by Crippen LogP contribution is 2.33. The molecule has 7 heteroatoms. The highest BCUT2D eigenvalue weighted by atomic mass is 32.1. The fraction of sp³-hybridized carbons (Fsp3) is 0.240. The number of nitrogens with one attached hydrogen (secondary N) is 1. The van der Waals surface area contributed by atoms with E-state index < -0.39 is 0 Å². The van der Waals surface area contributed by atoms with Crippen molar-refractivity contribution in [3.8, 4) is 11.4 Å². The van der Waals surface area contributed by atoms with Crippen LogP contribution in [-0.4, -0.2) is 36.7 Å². The van der Waals surface area contributed by atoms with Gasteiger partial charge in [0, 0.05) is 43.5 Å². The van der Waals surface area contributed by atoms with Crippen LogP contribution in [0.25, 0.3) is 11.4 Å². The van der Waals surface area contributed by atoms with E-state index in [1.54, 1.807) is 0 Å². The molecule has 6 nitrogen and oxygen atoms in total. The Hall–Kier alpha value is -3.45. The van der Waals surface area contributed by atoms with E-state index in [9.17, 15) is 4.79 Å². The summed E-state index contributed by atoms with van der Waals surface area (Å²) in [6.45, 7) is 4.02. The maximum absolute atomic E-state index is 13.5. The van der Waals surface area contributed by atoms with Crippen LogP contribution in [0, 0.1) is 11.7 Å². The lowest BCUT2D eigenvalue weighted by molar-refractivity contribution is -0.134. The van der Waals surface area contributed by atoms with Gasteiger partial charge in [0.2, 0.25) is 5.91 Å². The molecule has 0 bridgehead atoms. The summed E-state index contributed by atoms with van der Waals surface area (Å²) >= 11 is 5.46. The lowest BCUT2D eigenvalue weighted by Gasteiger charge is -2.37. The van der Waals surface area contributed by atoms with Gasteiger partial charge >= 0.3 is 0 Å². The minimum absolute atomic E-state index is 0.0821. The van der Waals surface area contributed by atoms with Crippen LogP contribution in [0.3, 0.4) is 0 Å². The topological polar surface area (TPSA) is 58.9 Å². The van der Waals surface area contributed by atoms with Crippen LogP contribution in [0.4, 0.5) is 0 Å². The second-order valence-electron chi connectivity index (χ2n) is 8.15. The minimum atomic E-state index is -0.0821. The number of aromatic nitrogens is 4.